The van der Waals surface area contributed by atoms with E-state index in [-0.39, 0.29) is 5.75 Å². The maximum atomic E-state index is 9.63. The van der Waals surface area contributed by atoms with Crippen LogP contribution in [0.4, 0.5) is 5.69 Å². The van der Waals surface area contributed by atoms with Gasteiger partial charge in [-0.05, 0) is 30.7 Å². The quantitative estimate of drug-likeness (QED) is 0.470. The number of fused-ring (bicyclic) bond motifs is 1. The fourth-order valence-corrected chi connectivity index (χ4v) is 2.02. The average Bonchev–Trinajstić information content (AvgIpc) is 2.82. The Hall–Kier alpha value is -2.27. The number of rotatable bonds is 1. The van der Waals surface area contributed by atoms with E-state index in [1.807, 2.05) is 6.92 Å². The lowest BCUT2D eigenvalue weighted by molar-refractivity contribution is 0.478. The number of imidazole rings is 1. The Morgan fingerprint density at radius 1 is 1.37 bits per heavy atom. The molecule has 0 unspecified atom stereocenters. The molecule has 2 heterocycles. The Labute approximate surface area is 114 Å². The molecule has 3 rings (SSSR count). The second-order valence-electron chi connectivity index (χ2n) is 4.29. The maximum Gasteiger partial charge on any atom is 0.178 e. The van der Waals surface area contributed by atoms with Crippen molar-refractivity contribution in [3.63, 3.8) is 0 Å². The molecule has 0 fully saturated rings. The third kappa shape index (κ3) is 1.88. The van der Waals surface area contributed by atoms with Gasteiger partial charge >= 0.3 is 0 Å². The summed E-state index contributed by atoms with van der Waals surface area (Å²) in [5.74, 6) is 0.642. The normalized spacial score (nSPS) is 11.1. The van der Waals surface area contributed by atoms with Crippen LogP contribution < -0.4 is 5.73 Å². The molecule has 0 radical (unpaired) electrons. The minimum absolute atomic E-state index is 0.0284. The van der Waals surface area contributed by atoms with Crippen molar-refractivity contribution in [1.82, 2.24) is 15.0 Å². The highest BCUT2D eigenvalue weighted by atomic mass is 35.5. The third-order valence-corrected chi connectivity index (χ3v) is 3.40. The van der Waals surface area contributed by atoms with Gasteiger partial charge in [-0.3, -0.25) is 0 Å². The molecule has 3 aromatic rings. The lowest BCUT2D eigenvalue weighted by atomic mass is 10.2. The summed E-state index contributed by atoms with van der Waals surface area (Å²) >= 11 is 6.02. The molecule has 0 aliphatic carbocycles. The van der Waals surface area contributed by atoms with Gasteiger partial charge in [0.15, 0.2) is 5.65 Å². The van der Waals surface area contributed by atoms with Crippen LogP contribution in [-0.4, -0.2) is 20.1 Å². The third-order valence-electron chi connectivity index (χ3n) is 3.02. The number of aromatic amines is 1. The van der Waals surface area contributed by atoms with E-state index in [2.05, 4.69) is 15.0 Å². The predicted octanol–water partition coefficient (Wildman–Crippen LogP) is 2.87. The Bertz CT molecular complexity index is 782. The highest BCUT2D eigenvalue weighted by molar-refractivity contribution is 6.31. The highest BCUT2D eigenvalue weighted by Gasteiger charge is 2.11. The molecule has 0 aliphatic heterocycles. The molecule has 0 amide bonds. The molecular weight excluding hydrogens is 264 g/mol. The first-order chi connectivity index (χ1) is 9.06. The number of nitrogens with one attached hydrogen (secondary N) is 1. The number of phenolic OH excluding ortho intramolecular Hbond substituents is 1. The summed E-state index contributed by atoms with van der Waals surface area (Å²) in [6.07, 6.45) is 1.57. The predicted molar refractivity (Wildman–Crippen MR) is 75.1 cm³/mol. The molecule has 19 heavy (non-hydrogen) atoms. The van der Waals surface area contributed by atoms with Crippen LogP contribution in [-0.2, 0) is 0 Å². The first kappa shape index (κ1) is 11.8. The summed E-state index contributed by atoms with van der Waals surface area (Å²) < 4.78 is 0. The van der Waals surface area contributed by atoms with E-state index in [1.54, 1.807) is 24.4 Å². The molecule has 0 saturated heterocycles. The first-order valence-corrected chi connectivity index (χ1v) is 6.03. The summed E-state index contributed by atoms with van der Waals surface area (Å²) in [4.78, 5) is 11.7. The molecule has 6 heteroatoms. The summed E-state index contributed by atoms with van der Waals surface area (Å²) in [7, 11) is 0. The van der Waals surface area contributed by atoms with Gasteiger partial charge in [0.1, 0.15) is 11.6 Å². The number of halogens is 1. The van der Waals surface area contributed by atoms with Gasteiger partial charge in [-0.15, -0.1) is 0 Å². The van der Waals surface area contributed by atoms with Gasteiger partial charge in [-0.25, -0.2) is 9.97 Å². The number of phenols is 1. The van der Waals surface area contributed by atoms with Gasteiger partial charge in [0, 0.05) is 11.8 Å². The lowest BCUT2D eigenvalue weighted by Gasteiger charge is -2.00. The SMILES string of the molecule is Cc1c(Cl)cnc2nc(-c3ccc(N)c(O)c3)[nH]c12. The summed E-state index contributed by atoms with van der Waals surface area (Å²) in [6, 6.07) is 4.97. The van der Waals surface area contributed by atoms with Crippen molar-refractivity contribution in [2.24, 2.45) is 0 Å². The van der Waals surface area contributed by atoms with Crippen LogP contribution in [0, 0.1) is 6.92 Å². The molecule has 96 valence electrons. The van der Waals surface area contributed by atoms with Crippen LogP contribution in [0.5, 0.6) is 5.75 Å². The van der Waals surface area contributed by atoms with Crippen molar-refractivity contribution in [2.45, 2.75) is 6.92 Å². The summed E-state index contributed by atoms with van der Waals surface area (Å²) in [5.41, 5.74) is 8.92. The first-order valence-electron chi connectivity index (χ1n) is 5.66. The second-order valence-corrected chi connectivity index (χ2v) is 4.70. The van der Waals surface area contributed by atoms with Crippen molar-refractivity contribution in [3.8, 4) is 17.1 Å². The smallest absolute Gasteiger partial charge is 0.178 e. The number of H-pyrrole nitrogens is 1. The van der Waals surface area contributed by atoms with Gasteiger partial charge < -0.3 is 15.8 Å². The fraction of sp³-hybridized carbons (Fsp3) is 0.0769. The van der Waals surface area contributed by atoms with Gasteiger partial charge in [0.2, 0.25) is 0 Å². The Balaban J connectivity index is 2.20. The molecule has 0 saturated carbocycles. The zero-order valence-corrected chi connectivity index (χ0v) is 10.9. The minimum atomic E-state index is 0.0284. The molecule has 5 nitrogen and oxygen atoms in total. The summed E-state index contributed by atoms with van der Waals surface area (Å²) in [5, 5.41) is 10.2. The number of nitrogen functional groups attached to an aromatic ring is 1. The lowest BCUT2D eigenvalue weighted by Crippen LogP contribution is -1.87. The van der Waals surface area contributed by atoms with Gasteiger partial charge in [0.25, 0.3) is 0 Å². The molecule has 2 aromatic heterocycles. The Kier molecular flexibility index (Phi) is 2.57. The second kappa shape index (κ2) is 4.13. The number of anilines is 1. The monoisotopic (exact) mass is 274 g/mol. The Morgan fingerprint density at radius 2 is 2.16 bits per heavy atom. The van der Waals surface area contributed by atoms with Gasteiger partial charge in [0.05, 0.1) is 16.2 Å². The van der Waals surface area contributed by atoms with Crippen molar-refractivity contribution in [1.29, 1.82) is 0 Å². The number of nitrogens with zero attached hydrogens (tertiary/aromatic N) is 2. The largest absolute Gasteiger partial charge is 0.506 e. The minimum Gasteiger partial charge on any atom is -0.506 e. The number of hydrogen-bond donors (Lipinski definition) is 3. The number of aromatic hydroxyl groups is 1. The standard InChI is InChI=1S/C13H11ClN4O/c1-6-8(14)5-16-13-11(6)17-12(18-13)7-2-3-9(15)10(19)4-7/h2-5,19H,15H2,1H3,(H,16,17,18). The zero-order valence-electron chi connectivity index (χ0n) is 10.1. The van der Waals surface area contributed by atoms with Crippen LogP contribution in [0.2, 0.25) is 5.02 Å². The molecular formula is C13H11ClN4O. The van der Waals surface area contributed by atoms with Crippen molar-refractivity contribution >= 4 is 28.5 Å². The number of benzene rings is 1. The van der Waals surface area contributed by atoms with Gasteiger partial charge in [-0.2, -0.15) is 0 Å². The van der Waals surface area contributed by atoms with E-state index >= 15 is 0 Å². The number of hydrogen-bond acceptors (Lipinski definition) is 4. The highest BCUT2D eigenvalue weighted by Crippen LogP contribution is 2.29. The van der Waals surface area contributed by atoms with Crippen LogP contribution in [0.15, 0.2) is 24.4 Å². The number of pyridine rings is 1. The van der Waals surface area contributed by atoms with Crippen LogP contribution in [0.25, 0.3) is 22.6 Å². The maximum absolute atomic E-state index is 9.63. The molecule has 0 aliphatic rings. The number of nitrogens with two attached hydrogens (primary N) is 1. The topological polar surface area (TPSA) is 87.8 Å². The molecule has 1 aromatic carbocycles. The van der Waals surface area contributed by atoms with E-state index in [4.69, 9.17) is 17.3 Å². The Morgan fingerprint density at radius 3 is 2.89 bits per heavy atom. The van der Waals surface area contributed by atoms with Crippen molar-refractivity contribution < 1.29 is 5.11 Å². The molecule has 0 bridgehead atoms. The molecule has 4 N–H and O–H groups in total. The van der Waals surface area contributed by atoms with E-state index in [0.29, 0.717) is 22.2 Å². The van der Waals surface area contributed by atoms with E-state index in [1.165, 1.54) is 0 Å². The number of aryl methyl sites for hydroxylation is 1. The van der Waals surface area contributed by atoms with E-state index in [9.17, 15) is 5.11 Å². The van der Waals surface area contributed by atoms with Crippen LogP contribution in [0.3, 0.4) is 0 Å². The van der Waals surface area contributed by atoms with E-state index < -0.39 is 0 Å². The van der Waals surface area contributed by atoms with Crippen LogP contribution >= 0.6 is 11.6 Å². The molecule has 0 spiro atoms. The van der Waals surface area contributed by atoms with Crippen LogP contribution in [0.1, 0.15) is 5.56 Å². The zero-order chi connectivity index (χ0) is 13.6. The fourth-order valence-electron chi connectivity index (χ4n) is 1.88. The van der Waals surface area contributed by atoms with Crippen molar-refractivity contribution in [3.05, 3.63) is 35.0 Å². The molecule has 0 atom stereocenters. The number of aromatic nitrogens is 3. The van der Waals surface area contributed by atoms with Gasteiger partial charge in [-0.1, -0.05) is 11.6 Å². The van der Waals surface area contributed by atoms with E-state index in [0.717, 1.165) is 16.6 Å². The van der Waals surface area contributed by atoms with Crippen molar-refractivity contribution in [2.75, 3.05) is 5.73 Å². The summed E-state index contributed by atoms with van der Waals surface area (Å²) in [6.45, 7) is 1.90. The average molecular weight is 275 g/mol.